The molecule has 5 nitrogen and oxygen atoms in total. The lowest BCUT2D eigenvalue weighted by atomic mass is 10.1. The van der Waals surface area contributed by atoms with Gasteiger partial charge in [-0.05, 0) is 12.1 Å². The molecule has 0 radical (unpaired) electrons. The minimum Gasteiger partial charge on any atom is -0.342 e. The molecule has 0 spiro atoms. The molecule has 24 heavy (non-hydrogen) atoms. The largest absolute Gasteiger partial charge is 0.342 e. The average molecular weight is 345 g/mol. The summed E-state index contributed by atoms with van der Waals surface area (Å²) < 4.78 is 24.0. The zero-order valence-corrected chi connectivity index (χ0v) is 14.1. The first-order valence-electron chi connectivity index (χ1n) is 7.97. The molecule has 0 unspecified atom stereocenters. The van der Waals surface area contributed by atoms with Gasteiger partial charge in [-0.1, -0.05) is 48.5 Å². The highest BCUT2D eigenvalue weighted by Gasteiger charge is 2.41. The van der Waals surface area contributed by atoms with Gasteiger partial charge in [0.25, 0.3) is 5.91 Å². The van der Waals surface area contributed by atoms with E-state index in [0.717, 1.165) is 5.56 Å². The van der Waals surface area contributed by atoms with E-state index < -0.39 is 9.84 Å². The summed E-state index contributed by atoms with van der Waals surface area (Å²) >= 11 is 0. The summed E-state index contributed by atoms with van der Waals surface area (Å²) in [5, 5.41) is 4.90. The smallest absolute Gasteiger partial charge is 0.251 e. The van der Waals surface area contributed by atoms with E-state index in [2.05, 4.69) is 5.32 Å². The van der Waals surface area contributed by atoms with Gasteiger partial charge in [-0.2, -0.15) is 0 Å². The van der Waals surface area contributed by atoms with Gasteiger partial charge in [-0.25, -0.2) is 8.42 Å². The average Bonchev–Trinajstić information content (AvgIpc) is 2.88. The molecular weight excluding hydrogens is 324 g/mol. The van der Waals surface area contributed by atoms with Crippen molar-refractivity contribution >= 4 is 15.7 Å². The standard InChI is InChI=1S/C18H20N2O3S/c21-18(15-9-5-2-6-10-15)20-17-13-24(22,23)12-16(17)19-11-14-7-3-1-4-8-14/h1-10,16-17,19H,11-13H2,(H,20,21)/p+1/t16-,17-/m1/s1. The molecule has 1 amide bonds. The molecule has 0 aromatic heterocycles. The summed E-state index contributed by atoms with van der Waals surface area (Å²) in [6, 6.07) is 18.2. The van der Waals surface area contributed by atoms with Gasteiger partial charge in [0.15, 0.2) is 9.84 Å². The molecule has 0 aliphatic carbocycles. The van der Waals surface area contributed by atoms with E-state index in [0.29, 0.717) is 12.1 Å². The highest BCUT2D eigenvalue weighted by atomic mass is 32.2. The maximum Gasteiger partial charge on any atom is 0.251 e. The fourth-order valence-corrected chi connectivity index (χ4v) is 4.97. The number of hydrogen-bond donors (Lipinski definition) is 2. The monoisotopic (exact) mass is 345 g/mol. The fraction of sp³-hybridized carbons (Fsp3) is 0.278. The number of amides is 1. The Labute approximate surface area is 142 Å². The van der Waals surface area contributed by atoms with Gasteiger partial charge in [-0.15, -0.1) is 0 Å². The highest BCUT2D eigenvalue weighted by Crippen LogP contribution is 2.11. The minimum absolute atomic E-state index is 0.00152. The van der Waals surface area contributed by atoms with Crippen LogP contribution in [0.1, 0.15) is 15.9 Å². The van der Waals surface area contributed by atoms with Crippen LogP contribution in [-0.4, -0.2) is 37.9 Å². The van der Waals surface area contributed by atoms with Crippen molar-refractivity contribution in [2.24, 2.45) is 0 Å². The van der Waals surface area contributed by atoms with Crippen LogP contribution >= 0.6 is 0 Å². The Morgan fingerprint density at radius 3 is 2.29 bits per heavy atom. The summed E-state index contributed by atoms with van der Waals surface area (Å²) in [6.07, 6.45) is 0. The number of nitrogens with two attached hydrogens (primary N) is 1. The second-order valence-electron chi connectivity index (χ2n) is 6.11. The van der Waals surface area contributed by atoms with Crippen LogP contribution in [0.5, 0.6) is 0 Å². The molecule has 1 aliphatic heterocycles. The Kier molecular flexibility index (Phi) is 4.97. The molecule has 126 valence electrons. The van der Waals surface area contributed by atoms with Crippen molar-refractivity contribution in [1.29, 1.82) is 0 Å². The van der Waals surface area contributed by atoms with E-state index in [9.17, 15) is 13.2 Å². The predicted octanol–water partition coefficient (Wildman–Crippen LogP) is 0.346. The number of carbonyl (C=O) groups is 1. The number of rotatable bonds is 5. The van der Waals surface area contributed by atoms with Crippen molar-refractivity contribution in [2.45, 2.75) is 18.6 Å². The summed E-state index contributed by atoms with van der Waals surface area (Å²) in [4.78, 5) is 12.3. The van der Waals surface area contributed by atoms with Gasteiger partial charge >= 0.3 is 0 Å². The van der Waals surface area contributed by atoms with Crippen LogP contribution in [0.4, 0.5) is 0 Å². The first-order chi connectivity index (χ1) is 11.5. The molecule has 1 saturated heterocycles. The summed E-state index contributed by atoms with van der Waals surface area (Å²) in [7, 11) is -3.12. The third kappa shape index (κ3) is 4.21. The van der Waals surface area contributed by atoms with Crippen LogP contribution < -0.4 is 10.6 Å². The van der Waals surface area contributed by atoms with Crippen molar-refractivity contribution in [3.05, 3.63) is 71.8 Å². The summed E-state index contributed by atoms with van der Waals surface area (Å²) in [6.45, 7) is 0.693. The van der Waals surface area contributed by atoms with Gasteiger partial charge in [0.2, 0.25) is 0 Å². The second kappa shape index (κ2) is 7.15. The third-order valence-electron chi connectivity index (χ3n) is 4.25. The Morgan fingerprint density at radius 2 is 1.62 bits per heavy atom. The van der Waals surface area contributed by atoms with E-state index in [4.69, 9.17) is 0 Å². The van der Waals surface area contributed by atoms with Gasteiger partial charge in [-0.3, -0.25) is 4.79 Å². The van der Waals surface area contributed by atoms with Crippen LogP contribution in [0, 0.1) is 0 Å². The first kappa shape index (κ1) is 16.7. The lowest BCUT2D eigenvalue weighted by molar-refractivity contribution is -0.701. The molecule has 0 saturated carbocycles. The molecule has 3 N–H and O–H groups in total. The molecular formula is C18H21N2O3S+. The number of quaternary nitrogens is 1. The Bertz CT molecular complexity index is 792. The topological polar surface area (TPSA) is 79.8 Å². The highest BCUT2D eigenvalue weighted by molar-refractivity contribution is 7.91. The summed E-state index contributed by atoms with van der Waals surface area (Å²) in [5.41, 5.74) is 1.68. The van der Waals surface area contributed by atoms with E-state index in [1.54, 1.807) is 24.3 Å². The maximum absolute atomic E-state index is 12.3. The lowest BCUT2D eigenvalue weighted by Gasteiger charge is -2.18. The number of benzene rings is 2. The quantitative estimate of drug-likeness (QED) is 0.820. The molecule has 2 atom stereocenters. The van der Waals surface area contributed by atoms with Gasteiger partial charge in [0.1, 0.15) is 18.3 Å². The van der Waals surface area contributed by atoms with Crippen molar-refractivity contribution < 1.29 is 18.5 Å². The molecule has 2 aromatic rings. The van der Waals surface area contributed by atoms with E-state index >= 15 is 0 Å². The molecule has 0 bridgehead atoms. The van der Waals surface area contributed by atoms with Crippen LogP contribution in [0.2, 0.25) is 0 Å². The van der Waals surface area contributed by atoms with Crippen LogP contribution in [-0.2, 0) is 16.4 Å². The molecule has 6 heteroatoms. The maximum atomic E-state index is 12.3. The number of sulfone groups is 1. The van der Waals surface area contributed by atoms with E-state index in [1.165, 1.54) is 0 Å². The normalized spacial score (nSPS) is 22.2. The lowest BCUT2D eigenvalue weighted by Crippen LogP contribution is -2.92. The molecule has 3 rings (SSSR count). The number of hydrogen-bond acceptors (Lipinski definition) is 3. The van der Waals surface area contributed by atoms with Gasteiger partial charge < -0.3 is 10.6 Å². The zero-order chi connectivity index (χ0) is 17.0. The molecule has 1 heterocycles. The van der Waals surface area contributed by atoms with E-state index in [1.807, 2.05) is 41.7 Å². The predicted molar refractivity (Wildman–Crippen MR) is 92.2 cm³/mol. The third-order valence-corrected chi connectivity index (χ3v) is 6.01. The van der Waals surface area contributed by atoms with Crippen LogP contribution in [0.3, 0.4) is 0 Å². The molecule has 1 aliphatic rings. The second-order valence-corrected chi connectivity index (χ2v) is 8.27. The summed E-state index contributed by atoms with van der Waals surface area (Å²) in [5.74, 6) is -0.128. The van der Waals surface area contributed by atoms with Crippen molar-refractivity contribution in [1.82, 2.24) is 5.32 Å². The Balaban J connectivity index is 1.66. The molecule has 1 fully saturated rings. The number of carbonyl (C=O) groups excluding carboxylic acids is 1. The zero-order valence-electron chi connectivity index (χ0n) is 13.3. The van der Waals surface area contributed by atoms with Crippen molar-refractivity contribution in [2.75, 3.05) is 11.5 Å². The number of nitrogens with one attached hydrogen (secondary N) is 1. The SMILES string of the molecule is O=C(N[C@@H]1CS(=O)(=O)C[C@H]1[NH2+]Cc1ccccc1)c1ccccc1. The van der Waals surface area contributed by atoms with Crippen LogP contribution in [0.25, 0.3) is 0 Å². The Morgan fingerprint density at radius 1 is 1.00 bits per heavy atom. The Hall–Kier alpha value is -2.18. The first-order valence-corrected chi connectivity index (χ1v) is 9.79. The van der Waals surface area contributed by atoms with E-state index in [-0.39, 0.29) is 29.5 Å². The van der Waals surface area contributed by atoms with Crippen LogP contribution in [0.15, 0.2) is 60.7 Å². The fourth-order valence-electron chi connectivity index (χ4n) is 3.00. The van der Waals surface area contributed by atoms with Gasteiger partial charge in [0.05, 0.1) is 11.8 Å². The van der Waals surface area contributed by atoms with Gasteiger partial charge in [0, 0.05) is 11.1 Å². The molecule has 2 aromatic carbocycles. The van der Waals surface area contributed by atoms with Crippen molar-refractivity contribution in [3.8, 4) is 0 Å². The minimum atomic E-state index is -3.12. The van der Waals surface area contributed by atoms with Crippen molar-refractivity contribution in [3.63, 3.8) is 0 Å².